The fraction of sp³-hybridized carbons (Fsp3) is 0.538. The second-order valence-electron chi connectivity index (χ2n) is 10.2. The second-order valence-corrected chi connectivity index (χ2v) is 10.2. The van der Waals surface area contributed by atoms with Gasteiger partial charge >= 0.3 is 0 Å². The van der Waals surface area contributed by atoms with Crippen molar-refractivity contribution in [1.29, 1.82) is 0 Å². The van der Waals surface area contributed by atoms with Gasteiger partial charge in [0.15, 0.2) is 0 Å². The van der Waals surface area contributed by atoms with Crippen molar-refractivity contribution in [1.82, 2.24) is 10.2 Å². The summed E-state index contributed by atoms with van der Waals surface area (Å²) in [4.78, 5) is 2.60. The highest BCUT2D eigenvalue weighted by Gasteiger charge is 2.67. The maximum Gasteiger partial charge on any atom is 0.115 e. The molecule has 1 heterocycles. The first kappa shape index (κ1) is 18.9. The maximum atomic E-state index is 12.3. The number of nitrogens with zero attached hydrogens (tertiary/aromatic N) is 1. The molecule has 3 aliphatic carbocycles. The molecule has 2 aromatic carbocycles. The zero-order valence-electron chi connectivity index (χ0n) is 17.6. The Morgan fingerprint density at radius 1 is 1.07 bits per heavy atom. The topological polar surface area (TPSA) is 55.7 Å². The lowest BCUT2D eigenvalue weighted by molar-refractivity contribution is -0.131. The third-order valence-corrected chi connectivity index (χ3v) is 8.45. The molecular formula is C26H32N2O2. The molecule has 2 aromatic rings. The van der Waals surface area contributed by atoms with Crippen molar-refractivity contribution in [2.75, 3.05) is 13.1 Å². The third kappa shape index (κ3) is 2.84. The largest absolute Gasteiger partial charge is 0.508 e. The van der Waals surface area contributed by atoms with Gasteiger partial charge in [0.05, 0.1) is 5.60 Å². The Hall–Kier alpha value is -1.88. The van der Waals surface area contributed by atoms with Crippen molar-refractivity contribution >= 4 is 0 Å². The standard InChI is InChI=1S/C26H32N2O2/c29-22-9-8-20-12-24-26(30)15-21(27-16-18-4-2-1-3-5-18)14-25(26,23(20)13-22)10-11-28(24)17-19-6-7-19/h1-5,8-9,13,19,21,24,27,29-30H,6-7,10-12,14-17H2/t21-,24-,25-,26-/m1/s1. The molecule has 6 rings (SSSR count). The number of benzene rings is 2. The monoisotopic (exact) mass is 404 g/mol. The van der Waals surface area contributed by atoms with Crippen molar-refractivity contribution in [2.45, 2.75) is 68.2 Å². The summed E-state index contributed by atoms with van der Waals surface area (Å²) in [6.07, 6.45) is 6.30. The predicted octanol–water partition coefficient (Wildman–Crippen LogP) is 3.35. The molecule has 4 heteroatoms. The van der Waals surface area contributed by atoms with E-state index in [9.17, 15) is 10.2 Å². The molecule has 1 aliphatic heterocycles. The summed E-state index contributed by atoms with van der Waals surface area (Å²) >= 11 is 0. The highest BCUT2D eigenvalue weighted by Crippen LogP contribution is 2.60. The molecule has 1 saturated heterocycles. The van der Waals surface area contributed by atoms with Gasteiger partial charge in [-0.15, -0.1) is 0 Å². The molecule has 3 fully saturated rings. The number of rotatable bonds is 5. The van der Waals surface area contributed by atoms with Crippen molar-refractivity contribution < 1.29 is 10.2 Å². The van der Waals surface area contributed by atoms with E-state index in [1.54, 1.807) is 0 Å². The van der Waals surface area contributed by atoms with Crippen LogP contribution in [0.5, 0.6) is 5.75 Å². The summed E-state index contributed by atoms with van der Waals surface area (Å²) in [6.45, 7) is 3.03. The lowest BCUT2D eigenvalue weighted by Gasteiger charge is -2.59. The SMILES string of the molecule is Oc1ccc2c(c1)[C@]13CCN(CC4CC4)[C@H](C2)[C@]1(O)C[C@H](NCc1ccccc1)C3. The lowest BCUT2D eigenvalue weighted by Crippen LogP contribution is -2.69. The number of likely N-dealkylation sites (tertiary alicyclic amines) is 1. The number of fused-ring (bicyclic) bond motifs is 1. The quantitative estimate of drug-likeness (QED) is 0.715. The van der Waals surface area contributed by atoms with Crippen LogP contribution < -0.4 is 5.32 Å². The molecule has 158 valence electrons. The summed E-state index contributed by atoms with van der Waals surface area (Å²) in [6, 6.07) is 16.9. The molecule has 0 radical (unpaired) electrons. The Morgan fingerprint density at radius 3 is 2.70 bits per heavy atom. The van der Waals surface area contributed by atoms with Gasteiger partial charge in [0, 0.05) is 30.6 Å². The average molecular weight is 405 g/mol. The van der Waals surface area contributed by atoms with E-state index in [4.69, 9.17) is 0 Å². The molecule has 0 aromatic heterocycles. The first-order valence-electron chi connectivity index (χ1n) is 11.6. The van der Waals surface area contributed by atoms with E-state index in [1.807, 2.05) is 12.1 Å². The molecule has 2 bridgehead atoms. The van der Waals surface area contributed by atoms with E-state index in [1.165, 1.54) is 29.5 Å². The highest BCUT2D eigenvalue weighted by atomic mass is 16.3. The maximum absolute atomic E-state index is 12.3. The fourth-order valence-corrected chi connectivity index (χ4v) is 6.83. The summed E-state index contributed by atoms with van der Waals surface area (Å²) < 4.78 is 0. The van der Waals surface area contributed by atoms with E-state index in [2.05, 4.69) is 46.6 Å². The number of piperidine rings is 1. The Kier molecular flexibility index (Phi) is 4.28. The van der Waals surface area contributed by atoms with Gasteiger partial charge in [-0.25, -0.2) is 0 Å². The third-order valence-electron chi connectivity index (χ3n) is 8.45. The van der Waals surface area contributed by atoms with Gasteiger partial charge in [-0.3, -0.25) is 4.90 Å². The second kappa shape index (κ2) is 6.81. The van der Waals surface area contributed by atoms with E-state index in [0.717, 1.165) is 51.2 Å². The zero-order valence-corrected chi connectivity index (χ0v) is 17.6. The molecule has 2 saturated carbocycles. The van der Waals surface area contributed by atoms with Gasteiger partial charge in [-0.05, 0) is 79.8 Å². The lowest BCUT2D eigenvalue weighted by atomic mass is 9.56. The number of hydrogen-bond acceptors (Lipinski definition) is 4. The normalized spacial score (nSPS) is 35.1. The summed E-state index contributed by atoms with van der Waals surface area (Å²) in [5.41, 5.74) is 2.84. The van der Waals surface area contributed by atoms with Crippen LogP contribution in [-0.2, 0) is 18.4 Å². The van der Waals surface area contributed by atoms with Crippen LogP contribution in [0.1, 0.15) is 48.8 Å². The summed E-state index contributed by atoms with van der Waals surface area (Å²) in [5.74, 6) is 1.15. The van der Waals surface area contributed by atoms with Crippen LogP contribution in [0, 0.1) is 5.92 Å². The Morgan fingerprint density at radius 2 is 1.90 bits per heavy atom. The van der Waals surface area contributed by atoms with Crippen molar-refractivity contribution in [2.24, 2.45) is 5.92 Å². The highest BCUT2D eigenvalue weighted by molar-refractivity contribution is 5.49. The first-order valence-corrected chi connectivity index (χ1v) is 11.6. The van der Waals surface area contributed by atoms with Crippen LogP contribution in [-0.4, -0.2) is 45.9 Å². The van der Waals surface area contributed by atoms with E-state index >= 15 is 0 Å². The van der Waals surface area contributed by atoms with Gasteiger partial charge in [-0.1, -0.05) is 36.4 Å². The van der Waals surface area contributed by atoms with E-state index < -0.39 is 5.60 Å². The number of hydrogen-bond donors (Lipinski definition) is 3. The van der Waals surface area contributed by atoms with Crippen LogP contribution in [0.25, 0.3) is 0 Å². The predicted molar refractivity (Wildman–Crippen MR) is 117 cm³/mol. The van der Waals surface area contributed by atoms with Crippen molar-refractivity contribution in [3.05, 3.63) is 65.2 Å². The molecule has 0 spiro atoms. The van der Waals surface area contributed by atoms with Gasteiger partial charge in [0.2, 0.25) is 0 Å². The molecule has 30 heavy (non-hydrogen) atoms. The Bertz CT molecular complexity index is 943. The van der Waals surface area contributed by atoms with Crippen LogP contribution >= 0.6 is 0 Å². The minimum atomic E-state index is -0.727. The average Bonchev–Trinajstić information content (AvgIpc) is 3.50. The fourth-order valence-electron chi connectivity index (χ4n) is 6.83. The number of phenolic OH excluding ortho intramolecular Hbond substituents is 1. The zero-order chi connectivity index (χ0) is 20.3. The summed E-state index contributed by atoms with van der Waals surface area (Å²) in [5, 5.41) is 26.4. The minimum Gasteiger partial charge on any atom is -0.508 e. The molecule has 3 N–H and O–H groups in total. The molecule has 0 unspecified atom stereocenters. The summed E-state index contributed by atoms with van der Waals surface area (Å²) in [7, 11) is 0. The number of phenols is 1. The Balaban J connectivity index is 1.34. The van der Waals surface area contributed by atoms with Gasteiger partial charge in [0.1, 0.15) is 5.75 Å². The van der Waals surface area contributed by atoms with E-state index in [0.29, 0.717) is 5.75 Å². The first-order chi connectivity index (χ1) is 14.6. The number of aliphatic hydroxyl groups is 1. The molecule has 4 nitrogen and oxygen atoms in total. The molecule has 4 atom stereocenters. The van der Waals surface area contributed by atoms with Crippen LogP contribution in [0.2, 0.25) is 0 Å². The van der Waals surface area contributed by atoms with Crippen molar-refractivity contribution in [3.8, 4) is 5.75 Å². The molecular weight excluding hydrogens is 372 g/mol. The number of aromatic hydroxyl groups is 1. The molecule has 0 amide bonds. The smallest absolute Gasteiger partial charge is 0.115 e. The van der Waals surface area contributed by atoms with Crippen LogP contribution in [0.15, 0.2) is 48.5 Å². The van der Waals surface area contributed by atoms with Crippen LogP contribution in [0.4, 0.5) is 0 Å². The minimum absolute atomic E-state index is 0.187. The number of nitrogens with one attached hydrogen (secondary N) is 1. The van der Waals surface area contributed by atoms with E-state index in [-0.39, 0.29) is 17.5 Å². The van der Waals surface area contributed by atoms with Gasteiger partial charge in [-0.2, -0.15) is 0 Å². The van der Waals surface area contributed by atoms with Crippen LogP contribution in [0.3, 0.4) is 0 Å². The Labute approximate surface area is 178 Å². The van der Waals surface area contributed by atoms with Crippen molar-refractivity contribution in [3.63, 3.8) is 0 Å². The molecule has 4 aliphatic rings. The van der Waals surface area contributed by atoms with Gasteiger partial charge < -0.3 is 15.5 Å². The van der Waals surface area contributed by atoms with Gasteiger partial charge in [0.25, 0.3) is 0 Å².